The number of hydrogen-bond acceptors (Lipinski definition) is 5. The van der Waals surface area contributed by atoms with Crippen molar-refractivity contribution >= 4 is 51.8 Å². The van der Waals surface area contributed by atoms with E-state index in [1.54, 1.807) is 6.07 Å². The lowest BCUT2D eigenvalue weighted by atomic mass is 9.87. The number of piperidine rings is 1. The Hall–Kier alpha value is -3.66. The molecule has 2 aliphatic rings. The number of imide groups is 1. The van der Waals surface area contributed by atoms with E-state index in [4.69, 9.17) is 16.0 Å². The van der Waals surface area contributed by atoms with Crippen LogP contribution in [0.1, 0.15) is 24.3 Å². The highest BCUT2D eigenvalue weighted by atomic mass is 35.5. The molecule has 11 heteroatoms. The first-order chi connectivity index (χ1) is 16.3. The van der Waals surface area contributed by atoms with E-state index in [0.29, 0.717) is 29.7 Å². The number of carbonyl (C=O) groups is 3. The maximum Gasteiger partial charge on any atom is 0.319 e. The molecule has 2 aliphatic heterocycles. The highest BCUT2D eigenvalue weighted by Gasteiger charge is 2.35. The summed E-state index contributed by atoms with van der Waals surface area (Å²) in [6, 6.07) is 6.02. The van der Waals surface area contributed by atoms with Crippen LogP contribution in [0, 0.1) is 11.6 Å². The van der Waals surface area contributed by atoms with Crippen molar-refractivity contribution in [1.29, 1.82) is 0 Å². The number of carbonyl (C=O) groups excluding carboxylic acids is 3. The number of benzene rings is 2. The molecule has 1 atom stereocenters. The van der Waals surface area contributed by atoms with Crippen LogP contribution in [-0.4, -0.2) is 37.0 Å². The first-order valence-electron chi connectivity index (χ1n) is 10.6. The fourth-order valence-electron chi connectivity index (χ4n) is 4.37. The number of nitrogens with one attached hydrogen (secondary N) is 3. The zero-order valence-electron chi connectivity index (χ0n) is 17.7. The second kappa shape index (κ2) is 8.60. The number of halogens is 3. The van der Waals surface area contributed by atoms with Gasteiger partial charge in [0.05, 0.1) is 29.6 Å². The molecule has 34 heavy (non-hydrogen) atoms. The first-order valence-corrected chi connectivity index (χ1v) is 11.0. The van der Waals surface area contributed by atoms with E-state index in [1.807, 2.05) is 4.90 Å². The summed E-state index contributed by atoms with van der Waals surface area (Å²) in [5.41, 5.74) is 1.13. The Morgan fingerprint density at radius 3 is 2.68 bits per heavy atom. The summed E-state index contributed by atoms with van der Waals surface area (Å²) in [7, 11) is 0. The Balaban J connectivity index is 1.28. The number of fused-ring (bicyclic) bond motifs is 1. The predicted octanol–water partition coefficient (Wildman–Crippen LogP) is 3.89. The quantitative estimate of drug-likeness (QED) is 0.483. The minimum Gasteiger partial charge on any atom is -0.462 e. The van der Waals surface area contributed by atoms with Gasteiger partial charge in [-0.2, -0.15) is 0 Å². The van der Waals surface area contributed by atoms with Gasteiger partial charge in [-0.3, -0.25) is 14.9 Å². The van der Waals surface area contributed by atoms with Gasteiger partial charge in [-0.15, -0.1) is 0 Å². The minimum absolute atomic E-state index is 0.00137. The van der Waals surface area contributed by atoms with Gasteiger partial charge in [0.1, 0.15) is 11.6 Å². The van der Waals surface area contributed by atoms with E-state index >= 15 is 4.39 Å². The van der Waals surface area contributed by atoms with Crippen LogP contribution in [0.2, 0.25) is 5.02 Å². The van der Waals surface area contributed by atoms with Crippen molar-refractivity contribution in [3.05, 3.63) is 58.8 Å². The molecule has 2 aromatic carbocycles. The molecule has 0 saturated carbocycles. The Labute approximate surface area is 197 Å². The van der Waals surface area contributed by atoms with E-state index < -0.39 is 29.5 Å². The molecule has 1 aromatic heterocycles. The lowest BCUT2D eigenvalue weighted by Crippen LogP contribution is -2.60. The molecular formula is C23H19ClF2N4O4. The SMILES string of the molecule is O=C1CCC(c2c(F)cc(N3CC(NC(=O)Nc4ccc(Cl)cc4F)C3)c3occc23)C(=O)N1. The summed E-state index contributed by atoms with van der Waals surface area (Å²) in [5.74, 6) is -2.89. The predicted molar refractivity (Wildman–Crippen MR) is 121 cm³/mol. The maximum absolute atomic E-state index is 15.2. The third kappa shape index (κ3) is 4.05. The third-order valence-electron chi connectivity index (χ3n) is 6.03. The van der Waals surface area contributed by atoms with Crippen LogP contribution < -0.4 is 20.9 Å². The molecule has 0 radical (unpaired) electrons. The van der Waals surface area contributed by atoms with Crippen LogP contribution in [0.25, 0.3) is 11.0 Å². The van der Waals surface area contributed by atoms with Crippen molar-refractivity contribution in [3.8, 4) is 0 Å². The van der Waals surface area contributed by atoms with Gasteiger partial charge in [-0.1, -0.05) is 11.6 Å². The summed E-state index contributed by atoms with van der Waals surface area (Å²) in [5, 5.41) is 8.12. The zero-order chi connectivity index (χ0) is 24.0. The van der Waals surface area contributed by atoms with Gasteiger partial charge in [0.15, 0.2) is 5.58 Å². The fourth-order valence-corrected chi connectivity index (χ4v) is 4.53. The lowest BCUT2D eigenvalue weighted by Gasteiger charge is -2.41. The summed E-state index contributed by atoms with van der Waals surface area (Å²) >= 11 is 5.71. The molecule has 0 spiro atoms. The summed E-state index contributed by atoms with van der Waals surface area (Å²) in [6.07, 6.45) is 1.78. The summed E-state index contributed by atoms with van der Waals surface area (Å²) in [6.45, 7) is 0.757. The molecule has 5 rings (SSSR count). The van der Waals surface area contributed by atoms with E-state index in [9.17, 15) is 18.8 Å². The standard InChI is InChI=1S/C23H19ClF2N4O4/c24-11-1-3-17(15(25)7-11)28-23(33)27-12-9-30(10-12)18-8-16(26)20(13-5-6-34-21(13)18)14-2-4-19(31)29-22(14)32/h1,3,5-8,12,14H,2,4,9-10H2,(H2,27,28,33)(H,29,31,32). The van der Waals surface area contributed by atoms with E-state index in [-0.39, 0.29) is 41.1 Å². The molecule has 1 unspecified atom stereocenters. The van der Waals surface area contributed by atoms with Crippen molar-refractivity contribution in [1.82, 2.24) is 10.6 Å². The molecule has 3 aromatic rings. The molecule has 2 saturated heterocycles. The van der Waals surface area contributed by atoms with Crippen LogP contribution in [-0.2, 0) is 9.59 Å². The monoisotopic (exact) mass is 488 g/mol. The number of anilines is 2. The molecular weight excluding hydrogens is 470 g/mol. The van der Waals surface area contributed by atoms with E-state index in [0.717, 1.165) is 6.07 Å². The highest BCUT2D eigenvalue weighted by molar-refractivity contribution is 6.30. The molecule has 0 aliphatic carbocycles. The van der Waals surface area contributed by atoms with Crippen molar-refractivity contribution in [2.75, 3.05) is 23.3 Å². The van der Waals surface area contributed by atoms with Crippen molar-refractivity contribution in [3.63, 3.8) is 0 Å². The second-order valence-electron chi connectivity index (χ2n) is 8.28. The van der Waals surface area contributed by atoms with Gasteiger partial charge < -0.3 is 20.0 Å². The Kier molecular flexibility index (Phi) is 5.60. The van der Waals surface area contributed by atoms with Gasteiger partial charge >= 0.3 is 6.03 Å². The van der Waals surface area contributed by atoms with Gasteiger partial charge in [0.25, 0.3) is 0 Å². The molecule has 2 fully saturated rings. The van der Waals surface area contributed by atoms with Crippen LogP contribution >= 0.6 is 11.6 Å². The highest BCUT2D eigenvalue weighted by Crippen LogP contribution is 2.39. The van der Waals surface area contributed by atoms with Crippen molar-refractivity contribution in [2.24, 2.45) is 0 Å². The topological polar surface area (TPSA) is 104 Å². The first kappa shape index (κ1) is 22.1. The van der Waals surface area contributed by atoms with Crippen LogP contribution in [0.15, 0.2) is 41.0 Å². The fraction of sp³-hybridized carbons (Fsp3) is 0.261. The van der Waals surface area contributed by atoms with Gasteiger partial charge in [0, 0.05) is 41.5 Å². The number of hydrogen-bond donors (Lipinski definition) is 3. The second-order valence-corrected chi connectivity index (χ2v) is 8.72. The van der Waals surface area contributed by atoms with E-state index in [2.05, 4.69) is 16.0 Å². The van der Waals surface area contributed by atoms with Crippen molar-refractivity contribution in [2.45, 2.75) is 24.8 Å². The number of amides is 4. The normalized spacial score (nSPS) is 18.6. The van der Waals surface area contributed by atoms with Crippen LogP contribution in [0.4, 0.5) is 25.0 Å². The summed E-state index contributed by atoms with van der Waals surface area (Å²) in [4.78, 5) is 37.8. The summed E-state index contributed by atoms with van der Waals surface area (Å²) < 4.78 is 34.7. The zero-order valence-corrected chi connectivity index (χ0v) is 18.4. The van der Waals surface area contributed by atoms with Crippen molar-refractivity contribution < 1.29 is 27.6 Å². The average Bonchev–Trinajstić information content (AvgIpc) is 3.23. The largest absolute Gasteiger partial charge is 0.462 e. The van der Waals surface area contributed by atoms with Crippen LogP contribution in [0.5, 0.6) is 0 Å². The van der Waals surface area contributed by atoms with Crippen LogP contribution in [0.3, 0.4) is 0 Å². The number of furan rings is 1. The minimum atomic E-state index is -0.783. The maximum atomic E-state index is 15.2. The molecule has 0 bridgehead atoms. The molecule has 4 amide bonds. The van der Waals surface area contributed by atoms with Gasteiger partial charge in [-0.25, -0.2) is 13.6 Å². The smallest absolute Gasteiger partial charge is 0.319 e. The molecule has 8 nitrogen and oxygen atoms in total. The Bertz CT molecular complexity index is 1320. The number of rotatable bonds is 4. The van der Waals surface area contributed by atoms with Gasteiger partial charge in [-0.05, 0) is 30.7 Å². The number of nitrogens with zero attached hydrogens (tertiary/aromatic N) is 1. The molecule has 176 valence electrons. The molecule has 3 heterocycles. The third-order valence-corrected chi connectivity index (χ3v) is 6.27. The molecule has 3 N–H and O–H groups in total. The average molecular weight is 489 g/mol. The van der Waals surface area contributed by atoms with E-state index in [1.165, 1.54) is 24.5 Å². The lowest BCUT2D eigenvalue weighted by molar-refractivity contribution is -0.134. The Morgan fingerprint density at radius 1 is 1.15 bits per heavy atom. The number of urea groups is 1. The Morgan fingerprint density at radius 2 is 1.94 bits per heavy atom. The van der Waals surface area contributed by atoms with Gasteiger partial charge in [0.2, 0.25) is 11.8 Å².